The third-order valence-corrected chi connectivity index (χ3v) is 6.56. The molecule has 1 amide bonds. The monoisotopic (exact) mass is 518 g/mol. The zero-order valence-corrected chi connectivity index (χ0v) is 22.9. The Morgan fingerprint density at radius 1 is 1.18 bits per heavy atom. The summed E-state index contributed by atoms with van der Waals surface area (Å²) in [7, 11) is 3.69. The standard InChI is InChI=1S/C28H38N8O2/c1-18(2)15-35(4)28-33-26(32-27(34-28)31-23-14-20(25(29)37)11-10-19(23)3)30-22-12-13-36(17-22)16-21-8-6-7-9-24(21)38-5/h6-11,14,18,22H,12-13,15-17H2,1-5H3,(H2,29,37)(H2,30,31,32,33,34)/t22-/m1/s1. The van der Waals surface area contributed by atoms with Gasteiger partial charge in [-0.15, -0.1) is 0 Å². The Morgan fingerprint density at radius 2 is 1.95 bits per heavy atom. The second kappa shape index (κ2) is 12.1. The van der Waals surface area contributed by atoms with Gasteiger partial charge in [0.1, 0.15) is 5.75 Å². The maximum Gasteiger partial charge on any atom is 0.248 e. The average molecular weight is 519 g/mol. The zero-order valence-electron chi connectivity index (χ0n) is 22.9. The fraction of sp³-hybridized carbons (Fsp3) is 0.429. The highest BCUT2D eigenvalue weighted by molar-refractivity contribution is 5.94. The van der Waals surface area contributed by atoms with E-state index in [0.29, 0.717) is 29.3 Å². The lowest BCUT2D eigenvalue weighted by Gasteiger charge is -2.22. The van der Waals surface area contributed by atoms with Crippen molar-refractivity contribution in [2.24, 2.45) is 11.7 Å². The van der Waals surface area contributed by atoms with E-state index in [1.54, 1.807) is 19.2 Å². The van der Waals surface area contributed by atoms with Crippen molar-refractivity contribution in [3.05, 3.63) is 59.2 Å². The first-order valence-corrected chi connectivity index (χ1v) is 13.0. The van der Waals surface area contributed by atoms with Crippen LogP contribution in [-0.4, -0.2) is 65.6 Å². The third-order valence-electron chi connectivity index (χ3n) is 6.56. The van der Waals surface area contributed by atoms with Crippen molar-refractivity contribution in [1.29, 1.82) is 0 Å². The Labute approximate surface area is 224 Å². The summed E-state index contributed by atoms with van der Waals surface area (Å²) in [5.41, 5.74) is 8.76. The molecule has 1 aliphatic rings. The summed E-state index contributed by atoms with van der Waals surface area (Å²) < 4.78 is 5.53. The molecule has 1 fully saturated rings. The summed E-state index contributed by atoms with van der Waals surface area (Å²) in [5.74, 6) is 2.36. The van der Waals surface area contributed by atoms with Gasteiger partial charge in [-0.05, 0) is 43.0 Å². The van der Waals surface area contributed by atoms with Gasteiger partial charge in [0.2, 0.25) is 23.8 Å². The lowest BCUT2D eigenvalue weighted by molar-refractivity contribution is 0.100. The summed E-state index contributed by atoms with van der Waals surface area (Å²) in [6, 6.07) is 13.6. The lowest BCUT2D eigenvalue weighted by atomic mass is 10.1. The van der Waals surface area contributed by atoms with Gasteiger partial charge in [0.05, 0.1) is 7.11 Å². The number of benzene rings is 2. The minimum absolute atomic E-state index is 0.197. The molecule has 202 valence electrons. The summed E-state index contributed by atoms with van der Waals surface area (Å²) in [6.45, 7) is 9.72. The van der Waals surface area contributed by atoms with Gasteiger partial charge in [0.15, 0.2) is 0 Å². The highest BCUT2D eigenvalue weighted by atomic mass is 16.5. The second-order valence-corrected chi connectivity index (χ2v) is 10.3. The Bertz CT molecular complexity index is 1270. The Morgan fingerprint density at radius 3 is 2.68 bits per heavy atom. The number of primary amides is 1. The first kappa shape index (κ1) is 27.1. The number of methoxy groups -OCH3 is 1. The molecule has 10 nitrogen and oxygen atoms in total. The van der Waals surface area contributed by atoms with E-state index < -0.39 is 5.91 Å². The maximum atomic E-state index is 11.7. The summed E-state index contributed by atoms with van der Waals surface area (Å²) in [4.78, 5) is 30.2. The number of likely N-dealkylation sites (tertiary alicyclic amines) is 1. The van der Waals surface area contributed by atoms with Crippen LogP contribution in [0.15, 0.2) is 42.5 Å². The molecule has 3 aromatic rings. The Kier molecular flexibility index (Phi) is 8.62. The number of carbonyl (C=O) groups excluding carboxylic acids is 1. The first-order valence-electron chi connectivity index (χ1n) is 13.0. The van der Waals surface area contributed by atoms with Crippen LogP contribution in [0.1, 0.15) is 41.8 Å². The van der Waals surface area contributed by atoms with Crippen LogP contribution in [0, 0.1) is 12.8 Å². The highest BCUT2D eigenvalue weighted by Gasteiger charge is 2.25. The smallest absolute Gasteiger partial charge is 0.248 e. The van der Waals surface area contributed by atoms with Crippen molar-refractivity contribution in [3.8, 4) is 5.75 Å². The van der Waals surface area contributed by atoms with Gasteiger partial charge in [-0.1, -0.05) is 38.1 Å². The number of rotatable bonds is 11. The Balaban J connectivity index is 1.53. The van der Waals surface area contributed by atoms with Crippen LogP contribution in [0.4, 0.5) is 23.5 Å². The van der Waals surface area contributed by atoms with Crippen LogP contribution < -0.4 is 26.0 Å². The van der Waals surface area contributed by atoms with E-state index in [1.165, 1.54) is 5.56 Å². The molecule has 4 N–H and O–H groups in total. The molecular formula is C28H38N8O2. The summed E-state index contributed by atoms with van der Waals surface area (Å²) in [6.07, 6.45) is 0.973. The molecule has 0 aliphatic carbocycles. The van der Waals surface area contributed by atoms with Crippen LogP contribution >= 0.6 is 0 Å². The van der Waals surface area contributed by atoms with E-state index in [0.717, 1.165) is 49.6 Å². The summed E-state index contributed by atoms with van der Waals surface area (Å²) >= 11 is 0. The van der Waals surface area contributed by atoms with Crippen molar-refractivity contribution in [3.63, 3.8) is 0 Å². The molecule has 1 aliphatic heterocycles. The third kappa shape index (κ3) is 6.89. The van der Waals surface area contributed by atoms with E-state index >= 15 is 0 Å². The average Bonchev–Trinajstić information content (AvgIpc) is 3.31. The molecule has 10 heteroatoms. The number of nitrogens with one attached hydrogen (secondary N) is 2. The maximum absolute atomic E-state index is 11.7. The molecular weight excluding hydrogens is 480 g/mol. The zero-order chi connectivity index (χ0) is 27.2. The number of ether oxygens (including phenoxy) is 1. The molecule has 4 rings (SSSR count). The number of amides is 1. The number of para-hydroxylation sites is 1. The van der Waals surface area contributed by atoms with Crippen LogP contribution in [0.3, 0.4) is 0 Å². The van der Waals surface area contributed by atoms with Crippen molar-refractivity contribution in [2.45, 2.75) is 39.8 Å². The number of nitrogens with two attached hydrogens (primary N) is 1. The number of hydrogen-bond donors (Lipinski definition) is 3. The van der Waals surface area contributed by atoms with Gasteiger partial charge in [0.25, 0.3) is 0 Å². The number of aryl methyl sites for hydroxylation is 1. The minimum atomic E-state index is -0.484. The van der Waals surface area contributed by atoms with Crippen molar-refractivity contribution < 1.29 is 9.53 Å². The van der Waals surface area contributed by atoms with Crippen LogP contribution in [0.2, 0.25) is 0 Å². The minimum Gasteiger partial charge on any atom is -0.496 e. The van der Waals surface area contributed by atoms with E-state index in [1.807, 2.05) is 43.1 Å². The van der Waals surface area contributed by atoms with Gasteiger partial charge >= 0.3 is 0 Å². The van der Waals surface area contributed by atoms with Crippen LogP contribution in [0.25, 0.3) is 0 Å². The summed E-state index contributed by atoms with van der Waals surface area (Å²) in [5, 5.41) is 6.80. The first-order chi connectivity index (χ1) is 18.2. The predicted octanol–water partition coefficient (Wildman–Crippen LogP) is 3.81. The van der Waals surface area contributed by atoms with E-state index in [2.05, 4.69) is 45.4 Å². The molecule has 1 saturated heterocycles. The SMILES string of the molecule is COc1ccccc1CN1CC[C@@H](Nc2nc(Nc3cc(C(N)=O)ccc3C)nc(N(C)CC(C)C)n2)C1. The van der Waals surface area contributed by atoms with Gasteiger partial charge in [-0.3, -0.25) is 9.69 Å². The normalized spacial score (nSPS) is 15.5. The second-order valence-electron chi connectivity index (χ2n) is 10.3. The molecule has 0 unspecified atom stereocenters. The molecule has 1 atom stereocenters. The van der Waals surface area contributed by atoms with Crippen molar-refractivity contribution in [2.75, 3.05) is 49.3 Å². The molecule has 2 aromatic carbocycles. The largest absolute Gasteiger partial charge is 0.496 e. The highest BCUT2D eigenvalue weighted by Crippen LogP contribution is 2.25. The molecule has 1 aromatic heterocycles. The quantitative estimate of drug-likeness (QED) is 0.348. The van der Waals surface area contributed by atoms with E-state index in [-0.39, 0.29) is 6.04 Å². The van der Waals surface area contributed by atoms with Gasteiger partial charge in [-0.25, -0.2) is 0 Å². The predicted molar refractivity (Wildman–Crippen MR) is 151 cm³/mol. The van der Waals surface area contributed by atoms with Gasteiger partial charge in [-0.2, -0.15) is 15.0 Å². The fourth-order valence-corrected chi connectivity index (χ4v) is 4.67. The Hall–Kier alpha value is -3.92. The van der Waals surface area contributed by atoms with Gasteiger partial charge in [0, 0.05) is 56.1 Å². The molecule has 0 bridgehead atoms. The number of anilines is 4. The topological polar surface area (TPSA) is 122 Å². The molecule has 38 heavy (non-hydrogen) atoms. The molecule has 0 spiro atoms. The molecule has 2 heterocycles. The molecule has 0 radical (unpaired) electrons. The number of hydrogen-bond acceptors (Lipinski definition) is 9. The molecule has 0 saturated carbocycles. The number of aromatic nitrogens is 3. The van der Waals surface area contributed by atoms with Crippen molar-refractivity contribution >= 4 is 29.4 Å². The van der Waals surface area contributed by atoms with E-state index in [4.69, 9.17) is 15.5 Å². The fourth-order valence-electron chi connectivity index (χ4n) is 4.67. The number of nitrogens with zero attached hydrogens (tertiary/aromatic N) is 5. The van der Waals surface area contributed by atoms with Crippen LogP contribution in [0.5, 0.6) is 5.75 Å². The van der Waals surface area contributed by atoms with Crippen molar-refractivity contribution in [1.82, 2.24) is 19.9 Å². The number of carbonyl (C=O) groups is 1. The van der Waals surface area contributed by atoms with E-state index in [9.17, 15) is 4.79 Å². The van der Waals surface area contributed by atoms with Crippen LogP contribution in [-0.2, 0) is 6.54 Å². The van der Waals surface area contributed by atoms with Gasteiger partial charge < -0.3 is 26.0 Å². The lowest BCUT2D eigenvalue weighted by Crippen LogP contribution is -2.28.